The molecule has 8 heteroatoms. The minimum absolute atomic E-state index is 0.144. The highest BCUT2D eigenvalue weighted by Crippen LogP contribution is 2.22. The van der Waals surface area contributed by atoms with Gasteiger partial charge in [0.15, 0.2) is 6.29 Å². The van der Waals surface area contributed by atoms with Gasteiger partial charge in [0, 0.05) is 6.54 Å². The summed E-state index contributed by atoms with van der Waals surface area (Å²) in [5, 5.41) is 51.0. The van der Waals surface area contributed by atoms with Crippen molar-refractivity contribution >= 4 is 0 Å². The molecule has 1 fully saturated rings. The fraction of sp³-hybridized carbons (Fsp3) is 0.867. The lowest BCUT2D eigenvalue weighted by Gasteiger charge is -2.40. The second-order valence-electron chi connectivity index (χ2n) is 5.63. The van der Waals surface area contributed by atoms with Crippen molar-refractivity contribution in [1.82, 2.24) is 5.32 Å². The first-order valence-electron chi connectivity index (χ1n) is 7.99. The van der Waals surface area contributed by atoms with E-state index in [1.165, 1.54) is 0 Å². The van der Waals surface area contributed by atoms with Gasteiger partial charge in [-0.3, -0.25) is 0 Å². The van der Waals surface area contributed by atoms with Crippen LogP contribution in [-0.4, -0.2) is 82.1 Å². The molecular formula is C15H29NO7. The lowest BCUT2D eigenvalue weighted by atomic mass is 9.99. The Labute approximate surface area is 136 Å². The van der Waals surface area contributed by atoms with Gasteiger partial charge < -0.3 is 40.3 Å². The molecule has 6 atom stereocenters. The van der Waals surface area contributed by atoms with Crippen molar-refractivity contribution in [3.05, 3.63) is 12.3 Å². The molecule has 1 aliphatic rings. The quantitative estimate of drug-likeness (QED) is 0.265. The zero-order valence-electron chi connectivity index (χ0n) is 13.4. The number of hydrogen-bond acceptors (Lipinski definition) is 8. The number of aliphatic hydroxyl groups excluding tert-OH is 5. The minimum Gasteiger partial charge on any atom is -0.394 e. The predicted octanol–water partition coefficient (Wildman–Crippen LogP) is -1.54. The molecule has 0 saturated carbocycles. The summed E-state index contributed by atoms with van der Waals surface area (Å²) >= 11 is 0. The summed E-state index contributed by atoms with van der Waals surface area (Å²) in [6.45, 7) is 1.69. The highest BCUT2D eigenvalue weighted by atomic mass is 16.7. The molecule has 1 saturated heterocycles. The van der Waals surface area contributed by atoms with Crippen LogP contribution in [0.25, 0.3) is 0 Å². The highest BCUT2D eigenvalue weighted by molar-refractivity contribution is 4.89. The number of rotatable bonds is 10. The van der Waals surface area contributed by atoms with Gasteiger partial charge in [-0.2, -0.15) is 0 Å². The molecule has 0 spiro atoms. The van der Waals surface area contributed by atoms with Gasteiger partial charge in [-0.1, -0.05) is 25.8 Å². The molecule has 1 unspecified atom stereocenters. The lowest BCUT2D eigenvalue weighted by Crippen LogP contribution is -2.59. The van der Waals surface area contributed by atoms with Crippen LogP contribution in [0.15, 0.2) is 12.3 Å². The van der Waals surface area contributed by atoms with E-state index in [2.05, 4.69) is 12.2 Å². The van der Waals surface area contributed by atoms with Crippen molar-refractivity contribution in [3.63, 3.8) is 0 Å². The van der Waals surface area contributed by atoms with Gasteiger partial charge in [0.1, 0.15) is 24.4 Å². The number of hydrogen-bond donors (Lipinski definition) is 6. The van der Waals surface area contributed by atoms with Crippen LogP contribution in [0.4, 0.5) is 0 Å². The first kappa shape index (κ1) is 20.3. The van der Waals surface area contributed by atoms with E-state index in [-0.39, 0.29) is 13.2 Å². The third-order valence-electron chi connectivity index (χ3n) is 3.64. The standard InChI is InChI=1S/C15H29NO7/c1-2-3-4-5-6-16-7-10(18)9-22-14-13(20)12(19)11(8-17)23-15(14)21/h5-6,10-21H,2-4,7-9H2,1H3/b6-5+/t10?,11-,12+,13+,14-,15-/m1/s1. The topological polar surface area (TPSA) is 132 Å². The Morgan fingerprint density at radius 1 is 1.26 bits per heavy atom. The van der Waals surface area contributed by atoms with Gasteiger partial charge in [-0.15, -0.1) is 0 Å². The average molecular weight is 335 g/mol. The molecule has 6 N–H and O–H groups in total. The molecule has 1 rings (SSSR count). The summed E-state index contributed by atoms with van der Waals surface area (Å²) in [4.78, 5) is 0. The second-order valence-corrected chi connectivity index (χ2v) is 5.63. The average Bonchev–Trinajstić information content (AvgIpc) is 2.54. The fourth-order valence-corrected chi connectivity index (χ4v) is 2.23. The SMILES string of the molecule is CCCC/C=C/NCC(O)CO[C@@H]1[C@@H](O)[C@@H](O)[C@@H](CO)O[C@H]1O. The molecule has 8 nitrogen and oxygen atoms in total. The summed E-state index contributed by atoms with van der Waals surface area (Å²) < 4.78 is 10.2. The summed E-state index contributed by atoms with van der Waals surface area (Å²) in [6.07, 6.45) is -0.434. The molecule has 0 aromatic rings. The van der Waals surface area contributed by atoms with E-state index >= 15 is 0 Å². The molecule has 0 aromatic carbocycles. The van der Waals surface area contributed by atoms with Crippen molar-refractivity contribution in [3.8, 4) is 0 Å². The maximum atomic E-state index is 9.88. The smallest absolute Gasteiger partial charge is 0.184 e. The van der Waals surface area contributed by atoms with Crippen LogP contribution in [0.5, 0.6) is 0 Å². The van der Waals surface area contributed by atoms with E-state index in [0.29, 0.717) is 0 Å². The van der Waals surface area contributed by atoms with Crippen LogP contribution in [0.2, 0.25) is 0 Å². The minimum atomic E-state index is -1.49. The zero-order chi connectivity index (χ0) is 17.2. The number of nitrogens with one attached hydrogen (secondary N) is 1. The Bertz CT molecular complexity index is 342. The number of ether oxygens (including phenoxy) is 2. The van der Waals surface area contributed by atoms with E-state index in [9.17, 15) is 20.4 Å². The van der Waals surface area contributed by atoms with Crippen molar-refractivity contribution in [2.45, 2.75) is 63.0 Å². The Kier molecular flexibility index (Phi) is 9.65. The normalized spacial score (nSPS) is 33.0. The first-order chi connectivity index (χ1) is 11.0. The van der Waals surface area contributed by atoms with Crippen LogP contribution in [-0.2, 0) is 9.47 Å². The summed E-state index contributed by atoms with van der Waals surface area (Å²) in [6, 6.07) is 0. The van der Waals surface area contributed by atoms with Crippen molar-refractivity contribution in [2.75, 3.05) is 19.8 Å². The molecule has 1 aliphatic heterocycles. The van der Waals surface area contributed by atoms with E-state index in [4.69, 9.17) is 14.6 Å². The zero-order valence-corrected chi connectivity index (χ0v) is 13.4. The third kappa shape index (κ3) is 6.72. The second kappa shape index (κ2) is 10.9. The summed E-state index contributed by atoms with van der Waals surface area (Å²) in [5.74, 6) is 0. The molecular weight excluding hydrogens is 306 g/mol. The third-order valence-corrected chi connectivity index (χ3v) is 3.64. The van der Waals surface area contributed by atoms with Crippen molar-refractivity contribution in [2.24, 2.45) is 0 Å². The molecule has 0 bridgehead atoms. The van der Waals surface area contributed by atoms with Crippen molar-refractivity contribution in [1.29, 1.82) is 0 Å². The highest BCUT2D eigenvalue weighted by Gasteiger charge is 2.44. The molecule has 0 radical (unpaired) electrons. The largest absolute Gasteiger partial charge is 0.394 e. The number of aliphatic hydroxyl groups is 5. The Morgan fingerprint density at radius 3 is 2.65 bits per heavy atom. The lowest BCUT2D eigenvalue weighted by molar-refractivity contribution is -0.298. The summed E-state index contributed by atoms with van der Waals surface area (Å²) in [7, 11) is 0. The monoisotopic (exact) mass is 335 g/mol. The van der Waals surface area contributed by atoms with Gasteiger partial charge in [0.25, 0.3) is 0 Å². The first-order valence-corrected chi connectivity index (χ1v) is 7.99. The van der Waals surface area contributed by atoms with Crippen molar-refractivity contribution < 1.29 is 35.0 Å². The van der Waals surface area contributed by atoms with E-state index in [1.807, 2.05) is 6.08 Å². The van der Waals surface area contributed by atoms with Gasteiger partial charge >= 0.3 is 0 Å². The fourth-order valence-electron chi connectivity index (χ4n) is 2.23. The van der Waals surface area contributed by atoms with Crippen LogP contribution in [0, 0.1) is 0 Å². The molecule has 23 heavy (non-hydrogen) atoms. The van der Waals surface area contributed by atoms with Crippen LogP contribution < -0.4 is 5.32 Å². The summed E-state index contributed by atoms with van der Waals surface area (Å²) in [5.41, 5.74) is 0. The molecule has 0 aliphatic carbocycles. The van der Waals surface area contributed by atoms with E-state index in [0.717, 1.165) is 19.3 Å². The maximum Gasteiger partial charge on any atom is 0.184 e. The van der Waals surface area contributed by atoms with Crippen LogP contribution in [0.3, 0.4) is 0 Å². The predicted molar refractivity (Wildman–Crippen MR) is 82.4 cm³/mol. The molecule has 0 aromatic heterocycles. The molecule has 136 valence electrons. The Hall–Kier alpha value is -0.740. The van der Waals surface area contributed by atoms with Crippen LogP contribution >= 0.6 is 0 Å². The Balaban J connectivity index is 2.29. The van der Waals surface area contributed by atoms with Gasteiger partial charge in [-0.25, -0.2) is 0 Å². The molecule has 0 amide bonds. The van der Waals surface area contributed by atoms with Gasteiger partial charge in [0.05, 0.1) is 19.3 Å². The molecule has 1 heterocycles. The number of unbranched alkanes of at least 4 members (excludes halogenated alkanes) is 2. The van der Waals surface area contributed by atoms with E-state index in [1.54, 1.807) is 6.20 Å². The maximum absolute atomic E-state index is 9.88. The number of allylic oxidation sites excluding steroid dienone is 1. The van der Waals surface area contributed by atoms with E-state index < -0.39 is 43.4 Å². The van der Waals surface area contributed by atoms with Gasteiger partial charge in [0.2, 0.25) is 0 Å². The Morgan fingerprint density at radius 2 is 2.00 bits per heavy atom. The van der Waals surface area contributed by atoms with Gasteiger partial charge in [-0.05, 0) is 12.6 Å². The van der Waals surface area contributed by atoms with Crippen LogP contribution in [0.1, 0.15) is 26.2 Å².